The first-order valence-electron chi connectivity index (χ1n) is 6.54. The lowest BCUT2D eigenvalue weighted by atomic mass is 10.0. The topological polar surface area (TPSA) is 38.1 Å². The summed E-state index contributed by atoms with van der Waals surface area (Å²) in [5.74, 6) is 0.915. The fourth-order valence-corrected chi connectivity index (χ4v) is 2.97. The number of nitrogens with zero attached hydrogens (tertiary/aromatic N) is 1. The largest absolute Gasteiger partial charge is 0.440 e. The van der Waals surface area contributed by atoms with Gasteiger partial charge in [-0.1, -0.05) is 43.0 Å². The van der Waals surface area contributed by atoms with Gasteiger partial charge in [0, 0.05) is 11.8 Å². The lowest BCUT2D eigenvalue weighted by Crippen LogP contribution is -2.23. The predicted molar refractivity (Wildman–Crippen MR) is 79.6 cm³/mol. The number of nitrogens with one attached hydrogen (secondary N) is 1. The average Bonchev–Trinajstić information content (AvgIpc) is 2.81. The Bertz CT molecular complexity index is 524. The standard InChI is InChI=1S/C15H20N2OS/c1-4-16-14(13-8-6-5-7-11(13)2)10-19-15-17-12(3)9-18-15/h5-9,14,16H,4,10H2,1-3H3. The van der Waals surface area contributed by atoms with Crippen LogP contribution < -0.4 is 5.32 Å². The van der Waals surface area contributed by atoms with Crippen molar-refractivity contribution in [1.29, 1.82) is 0 Å². The number of benzene rings is 1. The predicted octanol–water partition coefficient (Wildman–Crippen LogP) is 3.73. The fraction of sp³-hybridized carbons (Fsp3) is 0.400. The summed E-state index contributed by atoms with van der Waals surface area (Å²) in [4.78, 5) is 4.33. The smallest absolute Gasteiger partial charge is 0.255 e. The highest BCUT2D eigenvalue weighted by Gasteiger charge is 2.14. The Balaban J connectivity index is 2.06. The molecule has 1 aromatic carbocycles. The Kier molecular flexibility index (Phi) is 5.05. The minimum absolute atomic E-state index is 0.323. The molecule has 0 bridgehead atoms. The van der Waals surface area contributed by atoms with Crippen molar-refractivity contribution in [1.82, 2.24) is 10.3 Å². The Morgan fingerprint density at radius 3 is 2.74 bits per heavy atom. The van der Waals surface area contributed by atoms with Crippen LogP contribution in [0.25, 0.3) is 0 Å². The second kappa shape index (κ2) is 6.78. The SMILES string of the molecule is CCNC(CSc1nc(C)co1)c1ccccc1C. The van der Waals surface area contributed by atoms with Gasteiger partial charge in [0.25, 0.3) is 5.22 Å². The van der Waals surface area contributed by atoms with Crippen molar-refractivity contribution in [3.63, 3.8) is 0 Å². The molecule has 1 unspecified atom stereocenters. The third-order valence-corrected chi connectivity index (χ3v) is 3.92. The molecule has 0 fully saturated rings. The molecule has 3 nitrogen and oxygen atoms in total. The highest BCUT2D eigenvalue weighted by molar-refractivity contribution is 7.99. The van der Waals surface area contributed by atoms with Crippen molar-refractivity contribution in [2.75, 3.05) is 12.3 Å². The van der Waals surface area contributed by atoms with Gasteiger partial charge >= 0.3 is 0 Å². The normalized spacial score (nSPS) is 12.6. The molecule has 1 atom stereocenters. The highest BCUT2D eigenvalue weighted by atomic mass is 32.2. The van der Waals surface area contributed by atoms with Crippen LogP contribution in [0, 0.1) is 13.8 Å². The molecular weight excluding hydrogens is 256 g/mol. The second-order valence-corrected chi connectivity index (χ2v) is 5.50. The van der Waals surface area contributed by atoms with Gasteiger partial charge in [-0.15, -0.1) is 0 Å². The molecule has 0 saturated heterocycles. The van der Waals surface area contributed by atoms with Crippen LogP contribution in [0.5, 0.6) is 0 Å². The molecule has 0 aliphatic rings. The quantitative estimate of drug-likeness (QED) is 0.816. The zero-order chi connectivity index (χ0) is 13.7. The number of aromatic nitrogens is 1. The molecule has 2 aromatic rings. The monoisotopic (exact) mass is 276 g/mol. The third kappa shape index (κ3) is 3.85. The highest BCUT2D eigenvalue weighted by Crippen LogP contribution is 2.25. The molecule has 2 rings (SSSR count). The molecule has 4 heteroatoms. The summed E-state index contributed by atoms with van der Waals surface area (Å²) in [7, 11) is 0. The number of hydrogen-bond acceptors (Lipinski definition) is 4. The summed E-state index contributed by atoms with van der Waals surface area (Å²) in [5.41, 5.74) is 3.59. The number of thioether (sulfide) groups is 1. The molecule has 0 spiro atoms. The van der Waals surface area contributed by atoms with E-state index in [0.29, 0.717) is 6.04 Å². The van der Waals surface area contributed by atoms with Crippen molar-refractivity contribution in [2.45, 2.75) is 32.0 Å². The summed E-state index contributed by atoms with van der Waals surface area (Å²) in [6, 6.07) is 8.83. The minimum atomic E-state index is 0.323. The summed E-state index contributed by atoms with van der Waals surface area (Å²) in [6.07, 6.45) is 1.69. The minimum Gasteiger partial charge on any atom is -0.440 e. The zero-order valence-electron chi connectivity index (χ0n) is 11.6. The van der Waals surface area contributed by atoms with Crippen LogP contribution in [0.15, 0.2) is 40.2 Å². The Labute approximate surface area is 118 Å². The van der Waals surface area contributed by atoms with Gasteiger partial charge in [-0.2, -0.15) is 0 Å². The first kappa shape index (κ1) is 14.2. The number of hydrogen-bond donors (Lipinski definition) is 1. The lowest BCUT2D eigenvalue weighted by molar-refractivity contribution is 0.453. The second-order valence-electron chi connectivity index (χ2n) is 4.53. The lowest BCUT2D eigenvalue weighted by Gasteiger charge is -2.19. The van der Waals surface area contributed by atoms with Crippen molar-refractivity contribution in [3.05, 3.63) is 47.3 Å². The van der Waals surface area contributed by atoms with Crippen molar-refractivity contribution in [2.24, 2.45) is 0 Å². The zero-order valence-corrected chi connectivity index (χ0v) is 12.5. The molecule has 0 amide bonds. The first-order chi connectivity index (χ1) is 9.20. The van der Waals surface area contributed by atoms with Gasteiger partial charge in [-0.05, 0) is 31.5 Å². The number of oxazole rings is 1. The molecule has 1 N–H and O–H groups in total. The van der Waals surface area contributed by atoms with Gasteiger partial charge in [0.2, 0.25) is 0 Å². The van der Waals surface area contributed by atoms with E-state index in [2.05, 4.69) is 48.4 Å². The molecule has 102 valence electrons. The molecule has 1 heterocycles. The van der Waals surface area contributed by atoms with Crippen LogP contribution in [-0.2, 0) is 0 Å². The maximum atomic E-state index is 5.38. The molecule has 1 aromatic heterocycles. The maximum absolute atomic E-state index is 5.38. The number of rotatable bonds is 6. The molecule has 0 aliphatic heterocycles. The van der Waals surface area contributed by atoms with Gasteiger partial charge in [0.05, 0.1) is 5.69 Å². The molecule has 0 radical (unpaired) electrons. The van der Waals surface area contributed by atoms with E-state index in [-0.39, 0.29) is 0 Å². The molecule has 19 heavy (non-hydrogen) atoms. The van der Waals surface area contributed by atoms with Gasteiger partial charge in [0.1, 0.15) is 6.26 Å². The van der Waals surface area contributed by atoms with Crippen molar-refractivity contribution in [3.8, 4) is 0 Å². The van der Waals surface area contributed by atoms with Crippen LogP contribution in [0.1, 0.15) is 29.8 Å². The Morgan fingerprint density at radius 1 is 1.32 bits per heavy atom. The van der Waals surface area contributed by atoms with Gasteiger partial charge < -0.3 is 9.73 Å². The van der Waals surface area contributed by atoms with Crippen LogP contribution in [0.2, 0.25) is 0 Å². The van der Waals surface area contributed by atoms with E-state index < -0.39 is 0 Å². The fourth-order valence-electron chi connectivity index (χ4n) is 2.04. The van der Waals surface area contributed by atoms with E-state index in [1.807, 2.05) is 6.92 Å². The Hall–Kier alpha value is -1.26. The first-order valence-corrected chi connectivity index (χ1v) is 7.53. The van der Waals surface area contributed by atoms with Crippen molar-refractivity contribution < 1.29 is 4.42 Å². The van der Waals surface area contributed by atoms with Crippen LogP contribution in [0.4, 0.5) is 0 Å². The molecule has 0 aliphatic carbocycles. The Morgan fingerprint density at radius 2 is 2.11 bits per heavy atom. The van der Waals surface area contributed by atoms with E-state index in [1.54, 1.807) is 18.0 Å². The van der Waals surface area contributed by atoms with E-state index in [1.165, 1.54) is 11.1 Å². The van der Waals surface area contributed by atoms with E-state index in [0.717, 1.165) is 23.2 Å². The van der Waals surface area contributed by atoms with Crippen molar-refractivity contribution >= 4 is 11.8 Å². The van der Waals surface area contributed by atoms with Gasteiger partial charge in [-0.25, -0.2) is 4.98 Å². The number of aryl methyl sites for hydroxylation is 2. The maximum Gasteiger partial charge on any atom is 0.255 e. The van der Waals surface area contributed by atoms with Gasteiger partial charge in [0.15, 0.2) is 0 Å². The van der Waals surface area contributed by atoms with Crippen LogP contribution >= 0.6 is 11.8 Å². The summed E-state index contributed by atoms with van der Waals surface area (Å²) in [5, 5.41) is 4.27. The molecular formula is C15H20N2OS. The van der Waals surface area contributed by atoms with Crippen LogP contribution in [-0.4, -0.2) is 17.3 Å². The molecule has 0 saturated carbocycles. The van der Waals surface area contributed by atoms with E-state index >= 15 is 0 Å². The summed E-state index contributed by atoms with van der Waals surface area (Å²) < 4.78 is 5.38. The summed E-state index contributed by atoms with van der Waals surface area (Å²) in [6.45, 7) is 7.17. The van der Waals surface area contributed by atoms with E-state index in [9.17, 15) is 0 Å². The van der Waals surface area contributed by atoms with Gasteiger partial charge in [-0.3, -0.25) is 0 Å². The third-order valence-electron chi connectivity index (χ3n) is 2.99. The summed E-state index contributed by atoms with van der Waals surface area (Å²) >= 11 is 1.65. The van der Waals surface area contributed by atoms with Crippen LogP contribution in [0.3, 0.4) is 0 Å². The van der Waals surface area contributed by atoms with E-state index in [4.69, 9.17) is 4.42 Å². The average molecular weight is 276 g/mol.